The number of aromatic nitrogens is 1. The standard InChI is InChI=1S/C25H30F2N4O7S/c1-14-28-10-19(39-14)23(35)31-18(12-37-24(26)27)22(34)30-17(11-36-3)21(33)29-16(20(32)25(2)13-38-25)9-15-7-5-4-6-8-15/h4-8,10,16-18,24H,9,11-13H2,1-3H3,(H,29,33)(H,30,34)(H,31,35)/t16-,17-,18-,25+/m0/s1. The molecule has 0 radical (unpaired) electrons. The van der Waals surface area contributed by atoms with E-state index >= 15 is 0 Å². The van der Waals surface area contributed by atoms with Crippen molar-refractivity contribution in [3.8, 4) is 0 Å². The molecule has 0 bridgehead atoms. The van der Waals surface area contributed by atoms with E-state index in [1.165, 1.54) is 13.3 Å². The summed E-state index contributed by atoms with van der Waals surface area (Å²) in [6, 6.07) is 5.15. The first kappa shape index (κ1) is 30.2. The van der Waals surface area contributed by atoms with Crippen molar-refractivity contribution < 1.29 is 42.2 Å². The van der Waals surface area contributed by atoms with Crippen molar-refractivity contribution in [2.45, 2.75) is 50.6 Å². The topological polar surface area (TPSA) is 148 Å². The number of rotatable bonds is 15. The van der Waals surface area contributed by atoms with Crippen molar-refractivity contribution in [1.29, 1.82) is 0 Å². The molecule has 14 heteroatoms. The van der Waals surface area contributed by atoms with E-state index < -0.39 is 54.7 Å². The third kappa shape index (κ3) is 8.85. The lowest BCUT2D eigenvalue weighted by molar-refractivity contribution is -0.145. The van der Waals surface area contributed by atoms with Crippen LogP contribution >= 0.6 is 11.3 Å². The predicted octanol–water partition coefficient (Wildman–Crippen LogP) is 1.01. The Morgan fingerprint density at radius 1 is 1.05 bits per heavy atom. The van der Waals surface area contributed by atoms with Gasteiger partial charge in [0.25, 0.3) is 5.91 Å². The average molecular weight is 569 g/mol. The molecule has 1 aromatic carbocycles. The number of ether oxygens (including phenoxy) is 3. The summed E-state index contributed by atoms with van der Waals surface area (Å²) in [5.74, 6) is -2.78. The summed E-state index contributed by atoms with van der Waals surface area (Å²) in [4.78, 5) is 56.0. The lowest BCUT2D eigenvalue weighted by Gasteiger charge is -2.25. The Labute approximate surface area is 227 Å². The lowest BCUT2D eigenvalue weighted by atomic mass is 9.94. The van der Waals surface area contributed by atoms with E-state index in [0.717, 1.165) is 16.9 Å². The highest BCUT2D eigenvalue weighted by molar-refractivity contribution is 7.13. The molecule has 0 unspecified atom stereocenters. The van der Waals surface area contributed by atoms with Crippen LogP contribution in [0.5, 0.6) is 0 Å². The summed E-state index contributed by atoms with van der Waals surface area (Å²) in [6.07, 6.45) is 1.46. The van der Waals surface area contributed by atoms with Crippen LogP contribution in [-0.2, 0) is 35.0 Å². The number of epoxide rings is 1. The summed E-state index contributed by atoms with van der Waals surface area (Å²) >= 11 is 1.05. The summed E-state index contributed by atoms with van der Waals surface area (Å²) < 4.78 is 40.1. The monoisotopic (exact) mass is 568 g/mol. The third-order valence-corrected chi connectivity index (χ3v) is 6.75. The molecule has 1 aromatic heterocycles. The molecular formula is C25H30F2N4O7S. The minimum Gasteiger partial charge on any atom is -0.382 e. The first-order valence-corrected chi connectivity index (χ1v) is 12.8. The fourth-order valence-corrected chi connectivity index (χ4v) is 4.30. The van der Waals surface area contributed by atoms with Gasteiger partial charge in [-0.15, -0.1) is 11.3 Å². The molecule has 39 heavy (non-hydrogen) atoms. The van der Waals surface area contributed by atoms with Crippen LogP contribution in [-0.4, -0.2) is 85.8 Å². The summed E-state index contributed by atoms with van der Waals surface area (Å²) in [7, 11) is 1.30. The van der Waals surface area contributed by atoms with Gasteiger partial charge < -0.3 is 30.2 Å². The van der Waals surface area contributed by atoms with E-state index in [-0.39, 0.29) is 30.3 Å². The Morgan fingerprint density at radius 3 is 2.21 bits per heavy atom. The van der Waals surface area contributed by atoms with Crippen LogP contribution < -0.4 is 16.0 Å². The number of aryl methyl sites for hydroxylation is 1. The maximum atomic E-state index is 13.2. The van der Waals surface area contributed by atoms with Crippen LogP contribution in [0.2, 0.25) is 0 Å². The van der Waals surface area contributed by atoms with E-state index in [9.17, 15) is 28.0 Å². The highest BCUT2D eigenvalue weighted by Crippen LogP contribution is 2.29. The zero-order chi connectivity index (χ0) is 28.6. The van der Waals surface area contributed by atoms with Gasteiger partial charge in [0, 0.05) is 7.11 Å². The van der Waals surface area contributed by atoms with Crippen LogP contribution in [0.4, 0.5) is 8.78 Å². The molecule has 3 amide bonds. The van der Waals surface area contributed by atoms with E-state index in [1.807, 2.05) is 6.07 Å². The van der Waals surface area contributed by atoms with Crippen molar-refractivity contribution in [3.05, 3.63) is 52.0 Å². The molecule has 4 atom stereocenters. The summed E-state index contributed by atoms with van der Waals surface area (Å²) in [5.41, 5.74) is -0.234. The third-order valence-electron chi connectivity index (χ3n) is 5.84. The van der Waals surface area contributed by atoms with Gasteiger partial charge in [0.05, 0.1) is 37.1 Å². The number of thiazole rings is 1. The quantitative estimate of drug-likeness (QED) is 0.270. The molecule has 1 saturated heterocycles. The highest BCUT2D eigenvalue weighted by atomic mass is 32.1. The molecule has 2 aromatic rings. The van der Waals surface area contributed by atoms with E-state index in [0.29, 0.717) is 5.01 Å². The fourth-order valence-electron chi connectivity index (χ4n) is 3.62. The Balaban J connectivity index is 1.73. The Kier molecular flexibility index (Phi) is 10.6. The van der Waals surface area contributed by atoms with Gasteiger partial charge in [0.15, 0.2) is 5.78 Å². The zero-order valence-electron chi connectivity index (χ0n) is 21.6. The Morgan fingerprint density at radius 2 is 1.67 bits per heavy atom. The molecule has 3 rings (SSSR count). The average Bonchev–Trinajstić information content (AvgIpc) is 3.50. The van der Waals surface area contributed by atoms with Gasteiger partial charge in [-0.1, -0.05) is 30.3 Å². The van der Waals surface area contributed by atoms with Gasteiger partial charge >= 0.3 is 6.61 Å². The normalized spacial score (nSPS) is 18.6. The van der Waals surface area contributed by atoms with Crippen molar-refractivity contribution >= 4 is 34.8 Å². The van der Waals surface area contributed by atoms with E-state index in [4.69, 9.17) is 9.47 Å². The van der Waals surface area contributed by atoms with Gasteiger partial charge in [-0.05, 0) is 25.8 Å². The molecule has 0 saturated carbocycles. The van der Waals surface area contributed by atoms with Gasteiger partial charge in [-0.3, -0.25) is 19.2 Å². The number of carbonyl (C=O) groups is 4. The highest BCUT2D eigenvalue weighted by Gasteiger charge is 2.50. The number of benzene rings is 1. The van der Waals surface area contributed by atoms with Crippen LogP contribution in [0.25, 0.3) is 0 Å². The number of hydrogen-bond donors (Lipinski definition) is 3. The molecular weight excluding hydrogens is 538 g/mol. The Bertz CT molecular complexity index is 1160. The summed E-state index contributed by atoms with van der Waals surface area (Å²) in [6.45, 7) is -0.853. The predicted molar refractivity (Wildman–Crippen MR) is 135 cm³/mol. The maximum absolute atomic E-state index is 13.2. The second-order valence-corrected chi connectivity index (χ2v) is 10.2. The van der Waals surface area contributed by atoms with E-state index in [1.54, 1.807) is 38.1 Å². The molecule has 0 aliphatic carbocycles. The molecule has 3 N–H and O–H groups in total. The van der Waals surface area contributed by atoms with Gasteiger partial charge in [0.2, 0.25) is 11.8 Å². The van der Waals surface area contributed by atoms with Crippen LogP contribution in [0.3, 0.4) is 0 Å². The molecule has 11 nitrogen and oxygen atoms in total. The number of Topliss-reactive ketones (excluding diaryl/α,β-unsaturated/α-hetero) is 1. The second-order valence-electron chi connectivity index (χ2n) is 9.01. The fraction of sp³-hybridized carbons (Fsp3) is 0.480. The minimum absolute atomic E-state index is 0.159. The number of amides is 3. The minimum atomic E-state index is -3.20. The molecule has 0 spiro atoms. The summed E-state index contributed by atoms with van der Waals surface area (Å²) in [5, 5.41) is 7.96. The van der Waals surface area contributed by atoms with E-state index in [2.05, 4.69) is 25.7 Å². The smallest absolute Gasteiger partial charge is 0.345 e. The molecule has 1 aliphatic rings. The maximum Gasteiger partial charge on any atom is 0.345 e. The first-order chi connectivity index (χ1) is 18.5. The largest absolute Gasteiger partial charge is 0.382 e. The molecule has 212 valence electrons. The number of carbonyl (C=O) groups excluding carboxylic acids is 4. The van der Waals surface area contributed by atoms with Gasteiger partial charge in [0.1, 0.15) is 22.6 Å². The number of methoxy groups -OCH3 is 1. The van der Waals surface area contributed by atoms with Gasteiger partial charge in [-0.2, -0.15) is 8.78 Å². The van der Waals surface area contributed by atoms with Gasteiger partial charge in [-0.25, -0.2) is 4.98 Å². The van der Waals surface area contributed by atoms with Crippen molar-refractivity contribution in [2.75, 3.05) is 26.9 Å². The second kappa shape index (κ2) is 13.6. The van der Waals surface area contributed by atoms with Crippen molar-refractivity contribution in [2.24, 2.45) is 0 Å². The molecule has 1 fully saturated rings. The number of hydrogen-bond acceptors (Lipinski definition) is 9. The SMILES string of the molecule is COC[C@H](NC(=O)[C@H](COC(F)F)NC(=O)c1cnc(C)s1)C(=O)N[C@@H](Cc1ccccc1)C(=O)[C@@]1(C)CO1. The van der Waals surface area contributed by atoms with Crippen LogP contribution in [0, 0.1) is 6.92 Å². The molecule has 2 heterocycles. The lowest BCUT2D eigenvalue weighted by Crippen LogP contribution is -2.59. The number of halogens is 2. The number of nitrogens with one attached hydrogen (secondary N) is 3. The number of nitrogens with zero attached hydrogens (tertiary/aromatic N) is 1. The van der Waals surface area contributed by atoms with Crippen molar-refractivity contribution in [3.63, 3.8) is 0 Å². The Hall–Kier alpha value is -3.33. The van der Waals surface area contributed by atoms with Crippen molar-refractivity contribution in [1.82, 2.24) is 20.9 Å². The van der Waals surface area contributed by atoms with Crippen LogP contribution in [0.15, 0.2) is 36.5 Å². The number of ketones is 1. The van der Waals surface area contributed by atoms with Crippen LogP contribution in [0.1, 0.15) is 27.2 Å². The molecule has 1 aliphatic heterocycles. The number of alkyl halides is 2. The first-order valence-electron chi connectivity index (χ1n) is 12.0. The zero-order valence-corrected chi connectivity index (χ0v) is 22.4.